The topological polar surface area (TPSA) is 97.6 Å². The molecule has 2 aromatic heterocycles. The van der Waals surface area contributed by atoms with Gasteiger partial charge in [-0.3, -0.25) is 14.5 Å². The number of hydrogen-bond acceptors (Lipinski definition) is 5. The first-order valence-electron chi connectivity index (χ1n) is 5.37. The van der Waals surface area contributed by atoms with E-state index in [2.05, 4.69) is 20.6 Å². The van der Waals surface area contributed by atoms with E-state index in [0.29, 0.717) is 6.54 Å². The van der Waals surface area contributed by atoms with Gasteiger partial charge in [0.1, 0.15) is 0 Å². The van der Waals surface area contributed by atoms with Crippen molar-refractivity contribution in [1.29, 1.82) is 0 Å². The summed E-state index contributed by atoms with van der Waals surface area (Å²) in [5, 5.41) is 13.5. The van der Waals surface area contributed by atoms with Crippen molar-refractivity contribution >= 4 is 5.82 Å². The predicted molar refractivity (Wildman–Crippen MR) is 65.4 cm³/mol. The van der Waals surface area contributed by atoms with E-state index >= 15 is 0 Å². The molecule has 8 nitrogen and oxygen atoms in total. The van der Waals surface area contributed by atoms with E-state index in [1.54, 1.807) is 6.20 Å². The van der Waals surface area contributed by atoms with Gasteiger partial charge in [0, 0.05) is 31.9 Å². The van der Waals surface area contributed by atoms with Crippen molar-refractivity contribution in [2.24, 2.45) is 14.1 Å². The lowest BCUT2D eigenvalue weighted by Crippen LogP contribution is -2.39. The smallest absolute Gasteiger partial charge is 0.346 e. The Hall–Kier alpha value is -2.38. The lowest BCUT2D eigenvalue weighted by Gasteiger charge is -2.07. The minimum Gasteiger partial charge on any atom is -0.360 e. The van der Waals surface area contributed by atoms with Crippen LogP contribution in [0.2, 0.25) is 0 Å². The summed E-state index contributed by atoms with van der Waals surface area (Å²) in [6.45, 7) is 2.30. The average molecular weight is 250 g/mol. The number of aromatic nitrogens is 5. The molecule has 0 saturated carbocycles. The van der Waals surface area contributed by atoms with Gasteiger partial charge < -0.3 is 5.32 Å². The van der Waals surface area contributed by atoms with Crippen molar-refractivity contribution in [3.63, 3.8) is 0 Å². The lowest BCUT2D eigenvalue weighted by molar-refractivity contribution is 0.604. The number of anilines is 1. The van der Waals surface area contributed by atoms with E-state index in [-0.39, 0.29) is 5.82 Å². The number of nitrogens with one attached hydrogen (secondary N) is 2. The SMILES string of the molecule is Cc1[nH]ncc1CNc1nn(C)c(=O)n(C)c1=O. The summed E-state index contributed by atoms with van der Waals surface area (Å²) in [7, 11) is 2.91. The fraction of sp³-hybridized carbons (Fsp3) is 0.400. The Labute approximate surface area is 102 Å². The van der Waals surface area contributed by atoms with Gasteiger partial charge in [0.2, 0.25) is 5.82 Å². The van der Waals surface area contributed by atoms with E-state index in [9.17, 15) is 9.59 Å². The molecule has 0 amide bonds. The van der Waals surface area contributed by atoms with Gasteiger partial charge in [-0.1, -0.05) is 0 Å². The number of aromatic amines is 1. The summed E-state index contributed by atoms with van der Waals surface area (Å²) in [5.41, 5.74) is 0.959. The summed E-state index contributed by atoms with van der Waals surface area (Å²) in [4.78, 5) is 23.2. The molecule has 0 bridgehead atoms. The van der Waals surface area contributed by atoms with Gasteiger partial charge in [-0.15, -0.1) is 5.10 Å². The highest BCUT2D eigenvalue weighted by Gasteiger charge is 2.09. The third-order valence-electron chi connectivity index (χ3n) is 2.70. The van der Waals surface area contributed by atoms with Crippen LogP contribution >= 0.6 is 0 Å². The van der Waals surface area contributed by atoms with Gasteiger partial charge >= 0.3 is 5.69 Å². The maximum absolute atomic E-state index is 11.8. The molecule has 2 aromatic rings. The molecule has 0 aliphatic carbocycles. The fourth-order valence-corrected chi connectivity index (χ4v) is 1.54. The zero-order valence-electron chi connectivity index (χ0n) is 10.4. The van der Waals surface area contributed by atoms with Crippen molar-refractivity contribution in [1.82, 2.24) is 24.5 Å². The van der Waals surface area contributed by atoms with Gasteiger partial charge in [-0.2, -0.15) is 5.10 Å². The molecule has 0 aliphatic heterocycles. The third-order valence-corrected chi connectivity index (χ3v) is 2.70. The van der Waals surface area contributed by atoms with E-state index in [1.165, 1.54) is 14.1 Å². The maximum Gasteiger partial charge on any atom is 0.346 e. The molecule has 2 heterocycles. The van der Waals surface area contributed by atoms with Crippen LogP contribution < -0.4 is 16.6 Å². The molecule has 0 saturated heterocycles. The van der Waals surface area contributed by atoms with Gasteiger partial charge in [0.15, 0.2) is 0 Å². The molecule has 18 heavy (non-hydrogen) atoms. The molecular weight excluding hydrogens is 236 g/mol. The highest BCUT2D eigenvalue weighted by molar-refractivity contribution is 5.32. The first kappa shape index (κ1) is 12.1. The van der Waals surface area contributed by atoms with Crippen LogP contribution in [0.4, 0.5) is 5.82 Å². The highest BCUT2D eigenvalue weighted by atomic mass is 16.2. The van der Waals surface area contributed by atoms with Crippen molar-refractivity contribution in [2.75, 3.05) is 5.32 Å². The summed E-state index contributed by atoms with van der Waals surface area (Å²) in [5.74, 6) is 0.139. The molecule has 2 N–H and O–H groups in total. The molecular formula is C10H14N6O2. The van der Waals surface area contributed by atoms with Crippen molar-refractivity contribution in [3.05, 3.63) is 38.3 Å². The molecule has 2 rings (SSSR count). The first-order valence-corrected chi connectivity index (χ1v) is 5.37. The number of H-pyrrole nitrogens is 1. The average Bonchev–Trinajstić information content (AvgIpc) is 2.75. The molecule has 0 aromatic carbocycles. The van der Waals surface area contributed by atoms with Crippen molar-refractivity contribution < 1.29 is 0 Å². The summed E-state index contributed by atoms with van der Waals surface area (Å²) in [6.07, 6.45) is 1.68. The van der Waals surface area contributed by atoms with Crippen LogP contribution in [0.5, 0.6) is 0 Å². The van der Waals surface area contributed by atoms with E-state index in [0.717, 1.165) is 20.5 Å². The summed E-state index contributed by atoms with van der Waals surface area (Å²) < 4.78 is 2.13. The normalized spacial score (nSPS) is 10.6. The van der Waals surface area contributed by atoms with Crippen LogP contribution in [0.3, 0.4) is 0 Å². The Bertz CT molecular complexity index is 680. The summed E-state index contributed by atoms with van der Waals surface area (Å²) >= 11 is 0. The van der Waals surface area contributed by atoms with Crippen LogP contribution in [0, 0.1) is 6.92 Å². The van der Waals surface area contributed by atoms with Crippen LogP contribution in [0.25, 0.3) is 0 Å². The number of aryl methyl sites for hydroxylation is 2. The number of nitrogens with zero attached hydrogens (tertiary/aromatic N) is 4. The van der Waals surface area contributed by atoms with Crippen molar-refractivity contribution in [2.45, 2.75) is 13.5 Å². The molecule has 0 atom stereocenters. The second-order valence-electron chi connectivity index (χ2n) is 3.99. The van der Waals surface area contributed by atoms with Crippen LogP contribution in [-0.4, -0.2) is 24.5 Å². The number of hydrogen-bond donors (Lipinski definition) is 2. The second kappa shape index (κ2) is 4.47. The van der Waals surface area contributed by atoms with Crippen LogP contribution in [-0.2, 0) is 20.6 Å². The van der Waals surface area contributed by atoms with Crippen LogP contribution in [0.1, 0.15) is 11.3 Å². The third kappa shape index (κ3) is 2.04. The molecule has 0 spiro atoms. The lowest BCUT2D eigenvalue weighted by atomic mass is 10.3. The molecule has 0 radical (unpaired) electrons. The molecule has 0 fully saturated rings. The fourth-order valence-electron chi connectivity index (χ4n) is 1.54. The Morgan fingerprint density at radius 2 is 2.11 bits per heavy atom. The van der Waals surface area contributed by atoms with Gasteiger partial charge in [0.05, 0.1) is 6.20 Å². The molecule has 8 heteroatoms. The van der Waals surface area contributed by atoms with E-state index in [4.69, 9.17) is 0 Å². The first-order chi connectivity index (χ1) is 8.50. The Morgan fingerprint density at radius 1 is 1.39 bits per heavy atom. The Kier molecular flexibility index (Phi) is 3.00. The van der Waals surface area contributed by atoms with Crippen molar-refractivity contribution in [3.8, 4) is 0 Å². The largest absolute Gasteiger partial charge is 0.360 e. The Balaban J connectivity index is 2.28. The van der Waals surface area contributed by atoms with Gasteiger partial charge in [-0.05, 0) is 6.92 Å². The monoisotopic (exact) mass is 250 g/mol. The Morgan fingerprint density at radius 3 is 2.72 bits per heavy atom. The zero-order valence-corrected chi connectivity index (χ0v) is 10.4. The number of rotatable bonds is 3. The second-order valence-corrected chi connectivity index (χ2v) is 3.99. The molecule has 0 aliphatic rings. The van der Waals surface area contributed by atoms with Gasteiger partial charge in [-0.25, -0.2) is 9.48 Å². The minimum absolute atomic E-state index is 0.139. The minimum atomic E-state index is -0.454. The summed E-state index contributed by atoms with van der Waals surface area (Å²) in [6, 6.07) is 0. The zero-order chi connectivity index (χ0) is 13.3. The molecule has 96 valence electrons. The van der Waals surface area contributed by atoms with Crippen LogP contribution in [0.15, 0.2) is 15.8 Å². The maximum atomic E-state index is 11.8. The van der Waals surface area contributed by atoms with E-state index < -0.39 is 11.2 Å². The predicted octanol–water partition coefficient (Wildman–Crippen LogP) is -0.877. The quantitative estimate of drug-likeness (QED) is 0.737. The molecule has 0 unspecified atom stereocenters. The highest BCUT2D eigenvalue weighted by Crippen LogP contribution is 2.04. The van der Waals surface area contributed by atoms with Gasteiger partial charge in [0.25, 0.3) is 5.56 Å². The van der Waals surface area contributed by atoms with E-state index in [1.807, 2.05) is 6.92 Å². The standard InChI is InChI=1S/C10H14N6O2/c1-6-7(5-12-13-6)4-11-8-9(17)15(2)10(18)16(3)14-8/h5H,4H2,1-3H3,(H,11,14)(H,12,13).